The summed E-state index contributed by atoms with van der Waals surface area (Å²) in [6.45, 7) is 1.32. The summed E-state index contributed by atoms with van der Waals surface area (Å²) >= 11 is 0. The summed E-state index contributed by atoms with van der Waals surface area (Å²) in [6.07, 6.45) is 0.647. The average molecular weight is 461 g/mol. The van der Waals surface area contributed by atoms with E-state index in [0.29, 0.717) is 37.7 Å². The van der Waals surface area contributed by atoms with Crippen molar-refractivity contribution in [3.05, 3.63) is 90.5 Å². The molecular formula is C27H28N2O5. The predicted octanol–water partition coefficient (Wildman–Crippen LogP) is 4.16. The first kappa shape index (κ1) is 23.5. The van der Waals surface area contributed by atoms with Crippen molar-refractivity contribution in [2.24, 2.45) is 5.92 Å². The topological polar surface area (TPSA) is 85.9 Å². The van der Waals surface area contributed by atoms with Gasteiger partial charge in [0.05, 0.1) is 25.7 Å². The number of hydrogen-bond donors (Lipinski definition) is 2. The van der Waals surface area contributed by atoms with Gasteiger partial charge in [0.1, 0.15) is 17.5 Å². The first-order valence-electron chi connectivity index (χ1n) is 11.3. The van der Waals surface area contributed by atoms with Gasteiger partial charge in [-0.1, -0.05) is 48.5 Å². The Bertz CT molecular complexity index is 1050. The Morgan fingerprint density at radius 1 is 0.912 bits per heavy atom. The second-order valence-electron chi connectivity index (χ2n) is 8.05. The molecule has 0 aliphatic carbocycles. The zero-order valence-corrected chi connectivity index (χ0v) is 18.8. The predicted molar refractivity (Wildman–Crippen MR) is 129 cm³/mol. The van der Waals surface area contributed by atoms with Gasteiger partial charge in [0.15, 0.2) is 0 Å². The molecule has 0 aromatic heterocycles. The average Bonchev–Trinajstić information content (AvgIpc) is 3.41. The summed E-state index contributed by atoms with van der Waals surface area (Å²) < 4.78 is 16.9. The summed E-state index contributed by atoms with van der Waals surface area (Å²) in [7, 11) is 0. The van der Waals surface area contributed by atoms with Crippen molar-refractivity contribution in [1.82, 2.24) is 5.32 Å². The van der Waals surface area contributed by atoms with Crippen molar-refractivity contribution < 1.29 is 23.8 Å². The number of nitrogens with one attached hydrogen (secondary N) is 2. The molecule has 2 atom stereocenters. The van der Waals surface area contributed by atoms with E-state index in [-0.39, 0.29) is 24.3 Å². The lowest BCUT2D eigenvalue weighted by Crippen LogP contribution is -2.48. The van der Waals surface area contributed by atoms with Gasteiger partial charge in [0.2, 0.25) is 11.8 Å². The molecule has 1 heterocycles. The van der Waals surface area contributed by atoms with Gasteiger partial charge in [-0.3, -0.25) is 9.59 Å². The van der Waals surface area contributed by atoms with Crippen molar-refractivity contribution in [2.75, 3.05) is 25.1 Å². The van der Waals surface area contributed by atoms with E-state index in [1.165, 1.54) is 0 Å². The standard InChI is InChI=1S/C27H28N2O5/c30-26(21-15-16-32-18-21)29-25(19-33-17-20-7-3-1-4-8-20)27(31)28-22-11-13-24(14-12-22)34-23-9-5-2-6-10-23/h1-14,21,25H,15-19H2,(H,28,31)(H,29,30). The zero-order valence-electron chi connectivity index (χ0n) is 18.8. The molecule has 1 saturated heterocycles. The largest absolute Gasteiger partial charge is 0.457 e. The van der Waals surface area contributed by atoms with Gasteiger partial charge < -0.3 is 24.8 Å². The molecule has 1 aliphatic heterocycles. The number of hydrogen-bond acceptors (Lipinski definition) is 5. The Hall–Kier alpha value is -3.68. The maximum absolute atomic E-state index is 13.0. The van der Waals surface area contributed by atoms with Crippen LogP contribution in [0.2, 0.25) is 0 Å². The van der Waals surface area contributed by atoms with Gasteiger partial charge in [-0.2, -0.15) is 0 Å². The molecule has 0 bridgehead atoms. The molecule has 176 valence electrons. The van der Waals surface area contributed by atoms with E-state index in [2.05, 4.69) is 10.6 Å². The number of ether oxygens (including phenoxy) is 3. The summed E-state index contributed by atoms with van der Waals surface area (Å²) in [5.41, 5.74) is 1.59. The Morgan fingerprint density at radius 2 is 1.59 bits per heavy atom. The molecule has 1 fully saturated rings. The Kier molecular flexibility index (Phi) is 8.27. The smallest absolute Gasteiger partial charge is 0.249 e. The molecule has 0 saturated carbocycles. The van der Waals surface area contributed by atoms with Crippen LogP contribution >= 0.6 is 0 Å². The second kappa shape index (κ2) is 12.0. The third-order valence-electron chi connectivity index (χ3n) is 5.43. The van der Waals surface area contributed by atoms with Crippen LogP contribution in [0.1, 0.15) is 12.0 Å². The molecule has 4 rings (SSSR count). The Labute approximate surface area is 199 Å². The van der Waals surface area contributed by atoms with Crippen LogP contribution in [0.15, 0.2) is 84.9 Å². The van der Waals surface area contributed by atoms with Crippen molar-refractivity contribution in [2.45, 2.75) is 19.1 Å². The minimum atomic E-state index is -0.836. The summed E-state index contributed by atoms with van der Waals surface area (Å²) in [6, 6.07) is 25.4. The highest BCUT2D eigenvalue weighted by atomic mass is 16.5. The zero-order chi connectivity index (χ0) is 23.6. The van der Waals surface area contributed by atoms with Crippen LogP contribution < -0.4 is 15.4 Å². The number of rotatable bonds is 10. The van der Waals surface area contributed by atoms with E-state index in [0.717, 1.165) is 11.3 Å². The molecule has 0 radical (unpaired) electrons. The highest BCUT2D eigenvalue weighted by Crippen LogP contribution is 2.22. The summed E-state index contributed by atoms with van der Waals surface area (Å²) in [5.74, 6) is 0.582. The van der Waals surface area contributed by atoms with E-state index in [1.807, 2.05) is 60.7 Å². The van der Waals surface area contributed by atoms with E-state index in [1.54, 1.807) is 24.3 Å². The minimum Gasteiger partial charge on any atom is -0.457 e. The molecule has 1 aliphatic rings. The van der Waals surface area contributed by atoms with Gasteiger partial charge in [0.25, 0.3) is 0 Å². The quantitative estimate of drug-likeness (QED) is 0.475. The fourth-order valence-corrected chi connectivity index (χ4v) is 3.54. The lowest BCUT2D eigenvalue weighted by molar-refractivity contribution is -0.130. The first-order valence-corrected chi connectivity index (χ1v) is 11.3. The lowest BCUT2D eigenvalue weighted by atomic mass is 10.1. The van der Waals surface area contributed by atoms with Crippen molar-refractivity contribution in [1.29, 1.82) is 0 Å². The van der Waals surface area contributed by atoms with Crippen LogP contribution in [0.3, 0.4) is 0 Å². The first-order chi connectivity index (χ1) is 16.7. The van der Waals surface area contributed by atoms with E-state index < -0.39 is 6.04 Å². The van der Waals surface area contributed by atoms with Crippen LogP contribution in [-0.4, -0.2) is 37.7 Å². The lowest BCUT2D eigenvalue weighted by Gasteiger charge is -2.20. The monoisotopic (exact) mass is 460 g/mol. The van der Waals surface area contributed by atoms with Crippen molar-refractivity contribution in [3.8, 4) is 11.5 Å². The molecule has 2 N–H and O–H groups in total. The number of benzene rings is 3. The molecular weight excluding hydrogens is 432 g/mol. The molecule has 0 spiro atoms. The maximum atomic E-state index is 13.0. The highest BCUT2D eigenvalue weighted by Gasteiger charge is 2.28. The second-order valence-corrected chi connectivity index (χ2v) is 8.05. The van der Waals surface area contributed by atoms with Crippen LogP contribution in [0.4, 0.5) is 5.69 Å². The SMILES string of the molecule is O=C(NC(COCc1ccccc1)C(=O)Nc1ccc(Oc2ccccc2)cc1)C1CCOC1. The van der Waals surface area contributed by atoms with Gasteiger partial charge in [0, 0.05) is 12.3 Å². The van der Waals surface area contributed by atoms with Crippen LogP contribution in [0.25, 0.3) is 0 Å². The van der Waals surface area contributed by atoms with Crippen LogP contribution in [0.5, 0.6) is 11.5 Å². The van der Waals surface area contributed by atoms with E-state index in [4.69, 9.17) is 14.2 Å². The van der Waals surface area contributed by atoms with Gasteiger partial charge >= 0.3 is 0 Å². The number of para-hydroxylation sites is 1. The van der Waals surface area contributed by atoms with E-state index >= 15 is 0 Å². The molecule has 3 aromatic carbocycles. The van der Waals surface area contributed by atoms with Crippen molar-refractivity contribution in [3.63, 3.8) is 0 Å². The molecule has 7 heteroatoms. The number of anilines is 1. The van der Waals surface area contributed by atoms with E-state index in [9.17, 15) is 9.59 Å². The third-order valence-corrected chi connectivity index (χ3v) is 5.43. The van der Waals surface area contributed by atoms with Gasteiger partial charge in [-0.25, -0.2) is 0 Å². The molecule has 2 amide bonds. The Balaban J connectivity index is 1.36. The van der Waals surface area contributed by atoms with Gasteiger partial charge in [-0.05, 0) is 48.4 Å². The highest BCUT2D eigenvalue weighted by molar-refractivity contribution is 5.97. The third kappa shape index (κ3) is 6.91. The molecule has 2 unspecified atom stereocenters. The van der Waals surface area contributed by atoms with Crippen LogP contribution in [-0.2, 0) is 25.7 Å². The summed E-state index contributed by atoms with van der Waals surface area (Å²) in [5, 5.41) is 5.69. The fraction of sp³-hybridized carbons (Fsp3) is 0.259. The normalized spacial score (nSPS) is 15.9. The van der Waals surface area contributed by atoms with Gasteiger partial charge in [-0.15, -0.1) is 0 Å². The minimum absolute atomic E-state index is 0.0508. The summed E-state index contributed by atoms with van der Waals surface area (Å²) in [4.78, 5) is 25.6. The number of amides is 2. The number of carbonyl (C=O) groups is 2. The molecule has 34 heavy (non-hydrogen) atoms. The molecule has 3 aromatic rings. The van der Waals surface area contributed by atoms with Crippen LogP contribution in [0, 0.1) is 5.92 Å². The van der Waals surface area contributed by atoms with Crippen molar-refractivity contribution >= 4 is 17.5 Å². The molecule has 7 nitrogen and oxygen atoms in total. The Morgan fingerprint density at radius 3 is 2.26 bits per heavy atom. The fourth-order valence-electron chi connectivity index (χ4n) is 3.54. The maximum Gasteiger partial charge on any atom is 0.249 e. The number of carbonyl (C=O) groups excluding carboxylic acids is 2.